The van der Waals surface area contributed by atoms with Crippen LogP contribution < -0.4 is 11.1 Å². The van der Waals surface area contributed by atoms with Gasteiger partial charge in [0.05, 0.1) is 26.4 Å². The van der Waals surface area contributed by atoms with Gasteiger partial charge in [0.1, 0.15) is 0 Å². The average Bonchev–Trinajstić information content (AvgIpc) is 2.39. The molecule has 0 atom stereocenters. The van der Waals surface area contributed by atoms with Crippen molar-refractivity contribution in [3.8, 4) is 0 Å². The molecule has 0 aliphatic carbocycles. The lowest BCUT2D eigenvalue weighted by atomic mass is 10.1. The van der Waals surface area contributed by atoms with E-state index in [9.17, 15) is 4.79 Å². The van der Waals surface area contributed by atoms with Gasteiger partial charge in [-0.05, 0) is 30.7 Å². The van der Waals surface area contributed by atoms with Gasteiger partial charge in [-0.2, -0.15) is 0 Å². The molecule has 6 heteroatoms. The maximum atomic E-state index is 12.2. The van der Waals surface area contributed by atoms with Crippen LogP contribution in [0.5, 0.6) is 0 Å². The first-order chi connectivity index (χ1) is 9.40. The van der Waals surface area contributed by atoms with E-state index in [1.54, 1.807) is 6.07 Å². The summed E-state index contributed by atoms with van der Waals surface area (Å²) >= 11 is 17.8. The summed E-state index contributed by atoms with van der Waals surface area (Å²) in [5.41, 5.74) is 7.68. The number of anilines is 2. The predicted molar refractivity (Wildman–Crippen MR) is 85.0 cm³/mol. The van der Waals surface area contributed by atoms with Gasteiger partial charge in [0.15, 0.2) is 0 Å². The summed E-state index contributed by atoms with van der Waals surface area (Å²) in [7, 11) is 0. The first-order valence-electron chi connectivity index (χ1n) is 5.71. The molecule has 0 bridgehead atoms. The predicted octanol–water partition coefficient (Wildman–Crippen LogP) is 4.79. The molecule has 104 valence electrons. The molecule has 0 unspecified atom stereocenters. The molecule has 3 nitrogen and oxygen atoms in total. The first kappa shape index (κ1) is 15.0. The van der Waals surface area contributed by atoms with Gasteiger partial charge in [-0.15, -0.1) is 0 Å². The Morgan fingerprint density at radius 2 is 1.85 bits per heavy atom. The largest absolute Gasteiger partial charge is 0.397 e. The monoisotopic (exact) mass is 328 g/mol. The average molecular weight is 330 g/mol. The van der Waals surface area contributed by atoms with Gasteiger partial charge in [-0.3, -0.25) is 4.79 Å². The van der Waals surface area contributed by atoms with E-state index in [2.05, 4.69) is 5.32 Å². The molecule has 1 amide bonds. The molecule has 0 fully saturated rings. The zero-order valence-electron chi connectivity index (χ0n) is 10.5. The standard InChI is InChI=1S/C14H11Cl3N2O/c1-7-3-2-4-9(15)13(7)19-14(20)8-5-10(16)12(17)11(18)6-8/h2-6H,18H2,1H3,(H,19,20). The second-order valence-electron chi connectivity index (χ2n) is 4.25. The normalized spacial score (nSPS) is 10.4. The highest BCUT2D eigenvalue weighted by Gasteiger charge is 2.13. The van der Waals surface area contributed by atoms with E-state index in [0.29, 0.717) is 16.3 Å². The van der Waals surface area contributed by atoms with Crippen molar-refractivity contribution in [1.82, 2.24) is 0 Å². The highest BCUT2D eigenvalue weighted by Crippen LogP contribution is 2.30. The topological polar surface area (TPSA) is 55.1 Å². The van der Waals surface area contributed by atoms with Gasteiger partial charge >= 0.3 is 0 Å². The summed E-state index contributed by atoms with van der Waals surface area (Å²) in [5.74, 6) is -0.355. The van der Waals surface area contributed by atoms with E-state index >= 15 is 0 Å². The molecule has 0 saturated carbocycles. The van der Waals surface area contributed by atoms with Gasteiger partial charge < -0.3 is 11.1 Å². The van der Waals surface area contributed by atoms with Crippen molar-refractivity contribution in [2.24, 2.45) is 0 Å². The third kappa shape index (κ3) is 3.01. The highest BCUT2D eigenvalue weighted by molar-refractivity contribution is 6.44. The molecule has 2 aromatic rings. The van der Waals surface area contributed by atoms with Crippen molar-refractivity contribution < 1.29 is 4.79 Å². The Hall–Kier alpha value is -1.42. The number of hydrogen-bond donors (Lipinski definition) is 2. The lowest BCUT2D eigenvalue weighted by Crippen LogP contribution is -2.13. The smallest absolute Gasteiger partial charge is 0.255 e. The number of benzene rings is 2. The number of hydrogen-bond acceptors (Lipinski definition) is 2. The van der Waals surface area contributed by atoms with Crippen molar-refractivity contribution in [1.29, 1.82) is 0 Å². The van der Waals surface area contributed by atoms with Crippen LogP contribution in [0.3, 0.4) is 0 Å². The van der Waals surface area contributed by atoms with Crippen LogP contribution in [0.4, 0.5) is 11.4 Å². The van der Waals surface area contributed by atoms with E-state index < -0.39 is 0 Å². The number of carbonyl (C=O) groups is 1. The van der Waals surface area contributed by atoms with Gasteiger partial charge in [-0.25, -0.2) is 0 Å². The van der Waals surface area contributed by atoms with Crippen molar-refractivity contribution in [3.63, 3.8) is 0 Å². The Morgan fingerprint density at radius 3 is 2.45 bits per heavy atom. The molecule has 0 saturated heterocycles. The SMILES string of the molecule is Cc1cccc(Cl)c1NC(=O)c1cc(N)c(Cl)c(Cl)c1. The molecule has 0 aliphatic rings. The van der Waals surface area contributed by atoms with E-state index in [4.69, 9.17) is 40.5 Å². The maximum Gasteiger partial charge on any atom is 0.255 e. The molecule has 20 heavy (non-hydrogen) atoms. The van der Waals surface area contributed by atoms with Crippen LogP contribution in [0.25, 0.3) is 0 Å². The van der Waals surface area contributed by atoms with Crippen LogP contribution in [0, 0.1) is 6.92 Å². The minimum Gasteiger partial charge on any atom is -0.397 e. The lowest BCUT2D eigenvalue weighted by Gasteiger charge is -2.11. The zero-order chi connectivity index (χ0) is 14.9. The quantitative estimate of drug-likeness (QED) is 0.778. The van der Waals surface area contributed by atoms with Crippen LogP contribution in [0.15, 0.2) is 30.3 Å². The molecule has 0 spiro atoms. The Morgan fingerprint density at radius 1 is 1.15 bits per heavy atom. The molecule has 0 aliphatic heterocycles. The van der Waals surface area contributed by atoms with Crippen LogP contribution in [-0.2, 0) is 0 Å². The van der Waals surface area contributed by atoms with Crippen molar-refractivity contribution >= 4 is 52.1 Å². The van der Waals surface area contributed by atoms with Gasteiger partial charge in [0.2, 0.25) is 0 Å². The number of halogens is 3. The van der Waals surface area contributed by atoms with Gasteiger partial charge in [-0.1, -0.05) is 46.9 Å². The van der Waals surface area contributed by atoms with Crippen LogP contribution in [0.1, 0.15) is 15.9 Å². The second kappa shape index (κ2) is 5.92. The first-order valence-corrected chi connectivity index (χ1v) is 6.84. The Labute approximate surface area is 131 Å². The number of nitrogen functional groups attached to an aromatic ring is 1. The summed E-state index contributed by atoms with van der Waals surface area (Å²) in [6.45, 7) is 1.85. The van der Waals surface area contributed by atoms with Gasteiger partial charge in [0.25, 0.3) is 5.91 Å². The van der Waals surface area contributed by atoms with Crippen LogP contribution in [-0.4, -0.2) is 5.91 Å². The summed E-state index contributed by atoms with van der Waals surface area (Å²) in [5, 5.41) is 3.67. The Kier molecular flexibility index (Phi) is 4.43. The Bertz CT molecular complexity index is 643. The molecule has 0 aromatic heterocycles. The fourth-order valence-electron chi connectivity index (χ4n) is 1.72. The fraction of sp³-hybridized carbons (Fsp3) is 0.0714. The van der Waals surface area contributed by atoms with Gasteiger partial charge in [0, 0.05) is 5.56 Å². The lowest BCUT2D eigenvalue weighted by molar-refractivity contribution is 0.102. The molecule has 2 aromatic carbocycles. The van der Waals surface area contributed by atoms with Crippen molar-refractivity contribution in [2.75, 3.05) is 11.1 Å². The third-order valence-corrected chi connectivity index (χ3v) is 3.91. The Balaban J connectivity index is 2.34. The van der Waals surface area contributed by atoms with Crippen LogP contribution >= 0.6 is 34.8 Å². The van der Waals surface area contributed by atoms with Crippen LogP contribution in [0.2, 0.25) is 15.1 Å². The molecule has 3 N–H and O–H groups in total. The number of carbonyl (C=O) groups excluding carboxylic acids is 1. The molecule has 0 heterocycles. The number of aryl methyl sites for hydroxylation is 1. The summed E-state index contributed by atoms with van der Waals surface area (Å²) in [6.07, 6.45) is 0. The molecule has 2 rings (SSSR count). The zero-order valence-corrected chi connectivity index (χ0v) is 12.8. The number of rotatable bonds is 2. The maximum absolute atomic E-state index is 12.2. The fourth-order valence-corrected chi connectivity index (χ4v) is 2.32. The number of nitrogens with two attached hydrogens (primary N) is 1. The summed E-state index contributed by atoms with van der Waals surface area (Å²) in [4.78, 5) is 12.2. The van der Waals surface area contributed by atoms with E-state index in [1.165, 1.54) is 12.1 Å². The minimum absolute atomic E-state index is 0.229. The van der Waals surface area contributed by atoms with Crippen molar-refractivity contribution in [3.05, 3.63) is 56.5 Å². The van der Waals surface area contributed by atoms with E-state index in [-0.39, 0.29) is 21.6 Å². The second-order valence-corrected chi connectivity index (χ2v) is 5.44. The van der Waals surface area contributed by atoms with E-state index in [1.807, 2.05) is 19.1 Å². The number of nitrogens with one attached hydrogen (secondary N) is 1. The molecular formula is C14H11Cl3N2O. The molecular weight excluding hydrogens is 319 g/mol. The molecule has 0 radical (unpaired) electrons. The van der Waals surface area contributed by atoms with Crippen molar-refractivity contribution in [2.45, 2.75) is 6.92 Å². The number of para-hydroxylation sites is 1. The third-order valence-electron chi connectivity index (χ3n) is 2.78. The highest BCUT2D eigenvalue weighted by atomic mass is 35.5. The summed E-state index contributed by atoms with van der Waals surface area (Å²) < 4.78 is 0. The summed E-state index contributed by atoms with van der Waals surface area (Å²) in [6, 6.07) is 8.29. The number of amides is 1. The van der Waals surface area contributed by atoms with E-state index in [0.717, 1.165) is 5.56 Å². The minimum atomic E-state index is -0.355.